The summed E-state index contributed by atoms with van der Waals surface area (Å²) in [6.45, 7) is 4.00. The van der Waals surface area contributed by atoms with Crippen molar-refractivity contribution in [2.45, 2.75) is 20.0 Å². The zero-order valence-electron chi connectivity index (χ0n) is 16.0. The molecule has 0 unspecified atom stereocenters. The van der Waals surface area contributed by atoms with Gasteiger partial charge in [-0.1, -0.05) is 37.6 Å². The molecular formula is C18H16ClF3N4O3S. The third kappa shape index (κ3) is 4.97. The highest BCUT2D eigenvalue weighted by Crippen LogP contribution is 2.40. The second kappa shape index (κ2) is 9.26. The Morgan fingerprint density at radius 2 is 1.90 bits per heavy atom. The first kappa shape index (κ1) is 23.4. The van der Waals surface area contributed by atoms with Crippen molar-refractivity contribution in [3.63, 3.8) is 0 Å². The van der Waals surface area contributed by atoms with Crippen LogP contribution in [-0.2, 0) is 13.2 Å². The zero-order valence-corrected chi connectivity index (χ0v) is 17.5. The number of aryl methyl sites for hydroxylation is 1. The molecule has 2 aromatic heterocycles. The Balaban J connectivity index is 0.00000155. The number of hydrogen-bond acceptors (Lipinski definition) is 5. The lowest BCUT2D eigenvalue weighted by Gasteiger charge is -2.04. The molecule has 7 nitrogen and oxygen atoms in total. The smallest absolute Gasteiger partial charge is 0.320 e. The molecule has 1 aromatic carbocycles. The number of nitro groups is 1. The summed E-state index contributed by atoms with van der Waals surface area (Å²) >= 11 is 6.65. The average molecular weight is 461 g/mol. The minimum atomic E-state index is -4.70. The van der Waals surface area contributed by atoms with Gasteiger partial charge in [0.05, 0.1) is 26.2 Å². The van der Waals surface area contributed by atoms with Crippen molar-refractivity contribution in [2.24, 2.45) is 7.05 Å². The van der Waals surface area contributed by atoms with Crippen LogP contribution in [0, 0.1) is 10.1 Å². The van der Waals surface area contributed by atoms with E-state index in [0.29, 0.717) is 23.1 Å². The second-order valence-corrected chi connectivity index (χ2v) is 7.01. The molecule has 0 saturated carbocycles. The molecule has 12 heteroatoms. The molecule has 1 amide bonds. The van der Waals surface area contributed by atoms with Crippen molar-refractivity contribution in [2.75, 3.05) is 5.32 Å². The van der Waals surface area contributed by atoms with E-state index in [4.69, 9.17) is 11.6 Å². The van der Waals surface area contributed by atoms with E-state index < -0.39 is 28.4 Å². The van der Waals surface area contributed by atoms with Crippen LogP contribution in [-0.4, -0.2) is 20.6 Å². The van der Waals surface area contributed by atoms with Crippen LogP contribution >= 0.6 is 22.9 Å². The normalized spacial score (nSPS) is 10.9. The Bertz CT molecular complexity index is 1080. The quantitative estimate of drug-likeness (QED) is 0.381. The van der Waals surface area contributed by atoms with Crippen LogP contribution in [0.1, 0.15) is 29.2 Å². The van der Waals surface area contributed by atoms with Gasteiger partial charge in [-0.3, -0.25) is 19.6 Å². The number of rotatable bonds is 4. The summed E-state index contributed by atoms with van der Waals surface area (Å²) < 4.78 is 39.5. The maximum atomic E-state index is 12.9. The number of anilines is 1. The zero-order chi connectivity index (χ0) is 22.6. The van der Waals surface area contributed by atoms with Crippen LogP contribution in [0.2, 0.25) is 5.02 Å². The van der Waals surface area contributed by atoms with Gasteiger partial charge < -0.3 is 5.32 Å². The van der Waals surface area contributed by atoms with Crippen LogP contribution in [0.4, 0.5) is 24.5 Å². The van der Waals surface area contributed by atoms with Crippen molar-refractivity contribution in [3.8, 4) is 10.6 Å². The fourth-order valence-corrected chi connectivity index (χ4v) is 3.63. The number of carbonyl (C=O) groups is 1. The van der Waals surface area contributed by atoms with Gasteiger partial charge in [-0.2, -0.15) is 18.3 Å². The van der Waals surface area contributed by atoms with E-state index in [9.17, 15) is 28.1 Å². The van der Waals surface area contributed by atoms with Gasteiger partial charge in [-0.15, -0.1) is 11.3 Å². The van der Waals surface area contributed by atoms with Crippen LogP contribution < -0.4 is 5.32 Å². The van der Waals surface area contributed by atoms with Gasteiger partial charge in [0.2, 0.25) is 0 Å². The maximum Gasteiger partial charge on any atom is 0.435 e. The van der Waals surface area contributed by atoms with Crippen molar-refractivity contribution in [1.82, 2.24) is 9.78 Å². The number of thiophene rings is 1. The number of halogens is 4. The number of nitrogens with one attached hydrogen (secondary N) is 1. The molecule has 0 aliphatic rings. The SMILES string of the molecule is CC.Cn1nc(C(F)(F)F)cc1-c1sc(C(=O)Nc2ccccc2Cl)cc1[N+](=O)[O-]. The Hall–Kier alpha value is -2.92. The van der Waals surface area contributed by atoms with Crippen molar-refractivity contribution >= 4 is 40.2 Å². The topological polar surface area (TPSA) is 90.1 Å². The number of alkyl halides is 3. The van der Waals surface area contributed by atoms with Gasteiger partial charge in [0.15, 0.2) is 5.69 Å². The monoisotopic (exact) mass is 460 g/mol. The summed E-state index contributed by atoms with van der Waals surface area (Å²) in [5.74, 6) is -0.675. The molecule has 0 fully saturated rings. The summed E-state index contributed by atoms with van der Waals surface area (Å²) in [5.41, 5.74) is -1.51. The van der Waals surface area contributed by atoms with Gasteiger partial charge >= 0.3 is 6.18 Å². The average Bonchev–Trinajstić information content (AvgIpc) is 3.29. The molecule has 3 rings (SSSR count). The Labute approximate surface area is 178 Å². The molecule has 30 heavy (non-hydrogen) atoms. The molecule has 160 valence electrons. The van der Waals surface area contributed by atoms with E-state index in [1.165, 1.54) is 7.05 Å². The molecule has 0 saturated heterocycles. The first-order chi connectivity index (χ1) is 14.1. The summed E-state index contributed by atoms with van der Waals surface area (Å²) in [6, 6.07) is 8.10. The van der Waals surface area contributed by atoms with Crippen molar-refractivity contribution < 1.29 is 22.9 Å². The number of hydrogen-bond donors (Lipinski definition) is 1. The van der Waals surface area contributed by atoms with Crippen LogP contribution in [0.15, 0.2) is 36.4 Å². The number of aromatic nitrogens is 2. The molecule has 2 heterocycles. The predicted molar refractivity (Wildman–Crippen MR) is 109 cm³/mol. The maximum absolute atomic E-state index is 12.9. The summed E-state index contributed by atoms with van der Waals surface area (Å²) in [6.07, 6.45) is -4.70. The van der Waals surface area contributed by atoms with E-state index in [-0.39, 0.29) is 20.5 Å². The molecule has 0 aliphatic carbocycles. The van der Waals surface area contributed by atoms with E-state index in [1.807, 2.05) is 13.8 Å². The summed E-state index contributed by atoms with van der Waals surface area (Å²) in [5, 5.41) is 17.5. The predicted octanol–water partition coefficient (Wildman–Crippen LogP) is 6.01. The third-order valence-corrected chi connectivity index (χ3v) is 5.13. The molecule has 3 aromatic rings. The van der Waals surface area contributed by atoms with Crippen LogP contribution in [0.3, 0.4) is 0 Å². The first-order valence-corrected chi connectivity index (χ1v) is 9.73. The third-order valence-electron chi connectivity index (χ3n) is 3.66. The molecule has 0 spiro atoms. The van der Waals surface area contributed by atoms with Gasteiger partial charge in [0, 0.05) is 13.1 Å². The lowest BCUT2D eigenvalue weighted by Crippen LogP contribution is -2.10. The van der Waals surface area contributed by atoms with Gasteiger partial charge in [-0.05, 0) is 18.2 Å². The highest BCUT2D eigenvalue weighted by Gasteiger charge is 2.36. The molecule has 0 bridgehead atoms. The lowest BCUT2D eigenvalue weighted by atomic mass is 10.2. The van der Waals surface area contributed by atoms with Crippen LogP contribution in [0.5, 0.6) is 0 Å². The lowest BCUT2D eigenvalue weighted by molar-refractivity contribution is -0.383. The largest absolute Gasteiger partial charge is 0.435 e. The molecule has 0 radical (unpaired) electrons. The first-order valence-electron chi connectivity index (χ1n) is 8.53. The minimum absolute atomic E-state index is 0.0589. The summed E-state index contributed by atoms with van der Waals surface area (Å²) in [4.78, 5) is 22.9. The van der Waals surface area contributed by atoms with E-state index in [1.54, 1.807) is 24.3 Å². The second-order valence-electron chi connectivity index (χ2n) is 5.55. The highest BCUT2D eigenvalue weighted by atomic mass is 35.5. The molecule has 0 atom stereocenters. The molecule has 0 aliphatic heterocycles. The Kier molecular flexibility index (Phi) is 7.21. The van der Waals surface area contributed by atoms with Gasteiger partial charge in [0.1, 0.15) is 4.88 Å². The van der Waals surface area contributed by atoms with Crippen molar-refractivity contribution in [1.29, 1.82) is 0 Å². The fourth-order valence-electron chi connectivity index (χ4n) is 2.38. The van der Waals surface area contributed by atoms with Gasteiger partial charge in [-0.25, -0.2) is 0 Å². The van der Waals surface area contributed by atoms with Crippen LogP contribution in [0.25, 0.3) is 10.6 Å². The Morgan fingerprint density at radius 3 is 2.43 bits per heavy atom. The number of benzene rings is 1. The number of para-hydroxylation sites is 1. The highest BCUT2D eigenvalue weighted by molar-refractivity contribution is 7.18. The Morgan fingerprint density at radius 1 is 1.27 bits per heavy atom. The number of carbonyl (C=O) groups excluding carboxylic acids is 1. The molecular weight excluding hydrogens is 445 g/mol. The number of amides is 1. The van der Waals surface area contributed by atoms with Gasteiger partial charge in [0.25, 0.3) is 11.6 Å². The standard InChI is InChI=1S/C16H10ClF3N4O3S.C2H6/c1-23-10(7-13(22-23)16(18,19)20)14-11(24(26)27)6-12(28-14)15(25)21-9-5-3-2-4-8(9)17;1-2/h2-7H,1H3,(H,21,25);1-2H3. The number of nitrogens with zero attached hydrogens (tertiary/aromatic N) is 3. The molecule has 1 N–H and O–H groups in total. The summed E-state index contributed by atoms with van der Waals surface area (Å²) in [7, 11) is 1.23. The van der Waals surface area contributed by atoms with E-state index in [2.05, 4.69) is 10.4 Å². The van der Waals surface area contributed by atoms with E-state index >= 15 is 0 Å². The fraction of sp³-hybridized carbons (Fsp3) is 0.222. The van der Waals surface area contributed by atoms with E-state index in [0.717, 1.165) is 10.7 Å². The minimum Gasteiger partial charge on any atom is -0.320 e. The van der Waals surface area contributed by atoms with Crippen molar-refractivity contribution in [3.05, 3.63) is 62.1 Å².